The molecule has 2 unspecified atom stereocenters. The molecule has 2 aliphatic rings. The minimum atomic E-state index is -0.672. The zero-order valence-corrected chi connectivity index (χ0v) is 34.1. The predicted molar refractivity (Wildman–Crippen MR) is 226 cm³/mol. The summed E-state index contributed by atoms with van der Waals surface area (Å²) in [6.07, 6.45) is 4.13. The molecule has 10 nitrogen and oxygen atoms in total. The number of carbonyl (C=O) groups excluding carboxylic acids is 6. The lowest BCUT2D eigenvalue weighted by molar-refractivity contribution is -0.151. The zero-order valence-electron chi connectivity index (χ0n) is 34.1. The number of Topliss-reactive ketones (excluding diaryl/α,β-unsaturated/α-hetero) is 2. The summed E-state index contributed by atoms with van der Waals surface area (Å²) in [6, 6.07) is 28.9. The van der Waals surface area contributed by atoms with Gasteiger partial charge in [-0.25, -0.2) is 4.79 Å². The first kappa shape index (κ1) is 42.7. The van der Waals surface area contributed by atoms with Gasteiger partial charge in [0.05, 0.1) is 12.8 Å². The minimum absolute atomic E-state index is 0.141. The van der Waals surface area contributed by atoms with Gasteiger partial charge in [-0.2, -0.15) is 0 Å². The third-order valence-electron chi connectivity index (χ3n) is 10.4. The Morgan fingerprint density at radius 3 is 1.42 bits per heavy atom. The van der Waals surface area contributed by atoms with Crippen molar-refractivity contribution in [3.8, 4) is 11.5 Å². The van der Waals surface area contributed by atoms with Crippen LogP contribution in [0.1, 0.15) is 108 Å². The van der Waals surface area contributed by atoms with Crippen molar-refractivity contribution < 1.29 is 47.7 Å². The number of para-hydroxylation sites is 2. The van der Waals surface area contributed by atoms with Crippen LogP contribution in [0.5, 0.6) is 11.5 Å². The van der Waals surface area contributed by atoms with Gasteiger partial charge in [0, 0.05) is 57.2 Å². The summed E-state index contributed by atoms with van der Waals surface area (Å²) in [7, 11) is 0. The molecule has 0 saturated carbocycles. The van der Waals surface area contributed by atoms with E-state index in [1.165, 1.54) is 6.92 Å². The van der Waals surface area contributed by atoms with E-state index in [2.05, 4.69) is 6.58 Å². The lowest BCUT2D eigenvalue weighted by Gasteiger charge is -2.28. The number of ketones is 2. The molecule has 0 aliphatic heterocycles. The second kappa shape index (κ2) is 19.2. The van der Waals surface area contributed by atoms with E-state index < -0.39 is 29.7 Å². The van der Waals surface area contributed by atoms with E-state index in [1.807, 2.05) is 75.4 Å². The third-order valence-corrected chi connectivity index (χ3v) is 10.4. The van der Waals surface area contributed by atoms with Crippen LogP contribution < -0.4 is 9.47 Å². The fourth-order valence-corrected chi connectivity index (χ4v) is 7.27. The molecule has 0 heterocycles. The molecule has 4 aromatic carbocycles. The number of benzene rings is 4. The number of hydrogen-bond donors (Lipinski definition) is 0. The Labute approximate surface area is 349 Å². The Kier molecular flexibility index (Phi) is 13.7. The molecule has 2 aliphatic carbocycles. The van der Waals surface area contributed by atoms with Crippen LogP contribution in [-0.4, -0.2) is 48.7 Å². The topological polar surface area (TPSA) is 139 Å². The van der Waals surface area contributed by atoms with Gasteiger partial charge in [-0.3, -0.25) is 24.0 Å². The molecule has 4 aromatic rings. The molecular weight excluding hydrogens is 761 g/mol. The van der Waals surface area contributed by atoms with E-state index in [9.17, 15) is 28.8 Å². The molecule has 10 heteroatoms. The summed E-state index contributed by atoms with van der Waals surface area (Å²) < 4.78 is 21.5. The van der Waals surface area contributed by atoms with Gasteiger partial charge < -0.3 is 18.9 Å². The Morgan fingerprint density at radius 1 is 0.550 bits per heavy atom. The zero-order chi connectivity index (χ0) is 42.9. The molecule has 0 fully saturated rings. The van der Waals surface area contributed by atoms with Crippen molar-refractivity contribution >= 4 is 46.6 Å². The lowest BCUT2D eigenvalue weighted by atomic mass is 9.74. The summed E-state index contributed by atoms with van der Waals surface area (Å²) in [5.41, 5.74) is 6.34. The van der Waals surface area contributed by atoms with Gasteiger partial charge in [0.15, 0.2) is 11.6 Å². The fraction of sp³-hybridized carbons (Fsp3) is 0.240. The largest absolute Gasteiger partial charge is 0.462 e. The smallest absolute Gasteiger partial charge is 0.333 e. The number of hydrogen-bond acceptors (Lipinski definition) is 10. The Morgan fingerprint density at radius 2 is 0.950 bits per heavy atom. The van der Waals surface area contributed by atoms with Gasteiger partial charge in [0.25, 0.3) is 0 Å². The first-order valence-electron chi connectivity index (χ1n) is 19.9. The van der Waals surface area contributed by atoms with E-state index in [-0.39, 0.29) is 61.3 Å². The van der Waals surface area contributed by atoms with Crippen LogP contribution in [0.3, 0.4) is 0 Å². The van der Waals surface area contributed by atoms with Gasteiger partial charge in [0.2, 0.25) is 0 Å². The molecule has 0 saturated heterocycles. The standard InChI is InChI=1S/C50H46O10/c1-6-15-46(52)59-43-22-13-11-16-33(43)31(4)39-28-41(35-18-7-9-20-37(35)48(39)54)42-29-40(49(55)38-21-10-8-19-36(38)42)32(5)34-17-12-14-23-44(34)60-47(53)25-24-45(51)57-26-27-58-50(56)30(2)3/h7-14,16-23,28-29,31-32H,2,6,15,24-27H2,1,3-5H3/b42-41+. The van der Waals surface area contributed by atoms with E-state index in [0.29, 0.717) is 56.7 Å². The summed E-state index contributed by atoms with van der Waals surface area (Å²) >= 11 is 0. The van der Waals surface area contributed by atoms with Crippen molar-refractivity contribution in [1.82, 2.24) is 0 Å². The average Bonchev–Trinajstić information content (AvgIpc) is 3.25. The van der Waals surface area contributed by atoms with Crippen LogP contribution in [0.4, 0.5) is 0 Å². The predicted octanol–water partition coefficient (Wildman–Crippen LogP) is 9.50. The average molecular weight is 807 g/mol. The SMILES string of the molecule is C=C(C)C(=O)OCCOC(=O)CCC(=O)Oc1ccccc1C(C)C1=C/C(=C2/C=C(C(C)c3ccccc3OC(=O)CCC)C(=O)c3ccccc32)c2ccccc2C1=O. The van der Waals surface area contributed by atoms with Gasteiger partial charge in [-0.15, -0.1) is 0 Å². The van der Waals surface area contributed by atoms with Crippen LogP contribution in [0.25, 0.3) is 11.1 Å². The van der Waals surface area contributed by atoms with Crippen molar-refractivity contribution in [3.05, 3.63) is 166 Å². The van der Waals surface area contributed by atoms with Gasteiger partial charge in [-0.05, 0) is 59.9 Å². The molecule has 0 bridgehead atoms. The van der Waals surface area contributed by atoms with E-state index in [1.54, 1.807) is 54.6 Å². The van der Waals surface area contributed by atoms with E-state index >= 15 is 0 Å². The quantitative estimate of drug-likeness (QED) is 0.0494. The first-order chi connectivity index (χ1) is 28.9. The van der Waals surface area contributed by atoms with Crippen molar-refractivity contribution in [2.75, 3.05) is 13.2 Å². The van der Waals surface area contributed by atoms with Crippen molar-refractivity contribution in [1.29, 1.82) is 0 Å². The van der Waals surface area contributed by atoms with E-state index in [4.69, 9.17) is 18.9 Å². The second-order valence-corrected chi connectivity index (χ2v) is 14.6. The highest BCUT2D eigenvalue weighted by atomic mass is 16.6. The molecule has 0 amide bonds. The maximum atomic E-state index is 14.4. The monoisotopic (exact) mass is 806 g/mol. The van der Waals surface area contributed by atoms with Crippen LogP contribution in [-0.2, 0) is 28.7 Å². The highest BCUT2D eigenvalue weighted by molar-refractivity contribution is 6.24. The molecule has 60 heavy (non-hydrogen) atoms. The maximum Gasteiger partial charge on any atom is 0.333 e. The third kappa shape index (κ3) is 9.50. The molecule has 6 rings (SSSR count). The number of allylic oxidation sites excluding steroid dienone is 6. The van der Waals surface area contributed by atoms with Crippen LogP contribution in [0.2, 0.25) is 0 Å². The molecule has 0 radical (unpaired) electrons. The minimum Gasteiger partial charge on any atom is -0.462 e. The van der Waals surface area contributed by atoms with Gasteiger partial charge in [0.1, 0.15) is 24.7 Å². The number of ether oxygens (including phenoxy) is 4. The van der Waals surface area contributed by atoms with E-state index in [0.717, 1.165) is 11.1 Å². The molecule has 306 valence electrons. The normalized spacial score (nSPS) is 15.3. The molecule has 0 spiro atoms. The van der Waals surface area contributed by atoms with Crippen molar-refractivity contribution in [2.45, 2.75) is 65.2 Å². The highest BCUT2D eigenvalue weighted by Gasteiger charge is 2.34. The van der Waals surface area contributed by atoms with Crippen LogP contribution in [0, 0.1) is 0 Å². The molecule has 0 aromatic heterocycles. The number of carbonyl (C=O) groups is 6. The highest BCUT2D eigenvalue weighted by Crippen LogP contribution is 2.46. The van der Waals surface area contributed by atoms with Gasteiger partial charge >= 0.3 is 23.9 Å². The van der Waals surface area contributed by atoms with Crippen molar-refractivity contribution in [2.24, 2.45) is 0 Å². The van der Waals surface area contributed by atoms with Crippen molar-refractivity contribution in [3.63, 3.8) is 0 Å². The summed E-state index contributed by atoms with van der Waals surface area (Å²) in [4.78, 5) is 78.1. The summed E-state index contributed by atoms with van der Waals surface area (Å²) in [6.45, 7) is 10.4. The molecular formula is C50H46O10. The Hall–Kier alpha value is -6.94. The molecule has 2 atom stereocenters. The number of rotatable bonds is 15. The summed E-state index contributed by atoms with van der Waals surface area (Å²) in [5.74, 6) is -3.02. The Balaban J connectivity index is 1.34. The second-order valence-electron chi connectivity index (χ2n) is 14.6. The molecule has 0 N–H and O–H groups in total. The lowest BCUT2D eigenvalue weighted by Crippen LogP contribution is -2.20. The fourth-order valence-electron chi connectivity index (χ4n) is 7.27. The van der Waals surface area contributed by atoms with Gasteiger partial charge in [-0.1, -0.05) is 112 Å². The number of fused-ring (bicyclic) bond motifs is 2. The van der Waals surface area contributed by atoms with Crippen LogP contribution in [0.15, 0.2) is 133 Å². The summed E-state index contributed by atoms with van der Waals surface area (Å²) in [5, 5.41) is 0. The van der Waals surface area contributed by atoms with Crippen LogP contribution >= 0.6 is 0 Å². The first-order valence-corrected chi connectivity index (χ1v) is 19.9. The number of esters is 4. The maximum absolute atomic E-state index is 14.4. The Bertz CT molecular complexity index is 2480.